The van der Waals surface area contributed by atoms with Gasteiger partial charge >= 0.3 is 12.1 Å². The van der Waals surface area contributed by atoms with Crippen molar-refractivity contribution < 1.29 is 24.2 Å². The van der Waals surface area contributed by atoms with Crippen LogP contribution in [0.25, 0.3) is 0 Å². The summed E-state index contributed by atoms with van der Waals surface area (Å²) in [5.41, 5.74) is 0.761. The van der Waals surface area contributed by atoms with Crippen LogP contribution >= 0.6 is 0 Å². The molecule has 0 aliphatic carbocycles. The van der Waals surface area contributed by atoms with Crippen molar-refractivity contribution in [2.45, 2.75) is 12.5 Å². The van der Waals surface area contributed by atoms with Gasteiger partial charge in [-0.2, -0.15) is 4.98 Å². The molecule has 4 rings (SSSR count). The first-order valence-corrected chi connectivity index (χ1v) is 12.8. The number of hydrogen-bond acceptors (Lipinski definition) is 11. The molecule has 2 aromatic rings. The number of morpholine rings is 1. The van der Waals surface area contributed by atoms with E-state index in [0.717, 1.165) is 71.1 Å². The minimum Gasteiger partial charge on any atom is -0.480 e. The van der Waals surface area contributed by atoms with E-state index in [1.165, 1.54) is 11.2 Å². The summed E-state index contributed by atoms with van der Waals surface area (Å²) in [4.78, 5) is 44.9. The highest BCUT2D eigenvalue weighted by Gasteiger charge is 2.23. The molecule has 1 atom stereocenters. The van der Waals surface area contributed by atoms with Gasteiger partial charge in [0.15, 0.2) is 0 Å². The Morgan fingerprint density at radius 2 is 1.68 bits per heavy atom. The second kappa shape index (κ2) is 13.3. The number of carboxylic acids is 1. The smallest absolute Gasteiger partial charge is 0.414 e. The topological polar surface area (TPSA) is 136 Å². The summed E-state index contributed by atoms with van der Waals surface area (Å²) in [5.74, 6) is 0.111. The summed E-state index contributed by atoms with van der Waals surface area (Å²) in [6.07, 6.45) is 1.12. The Labute approximate surface area is 222 Å². The fraction of sp³-hybridized carbons (Fsp3) is 0.560. The zero-order valence-corrected chi connectivity index (χ0v) is 22.0. The molecule has 206 valence electrons. The number of ether oxygens (including phenoxy) is 2. The minimum absolute atomic E-state index is 0.195. The van der Waals surface area contributed by atoms with Gasteiger partial charge in [0.05, 0.1) is 13.2 Å². The normalized spacial score (nSPS) is 17.6. The highest BCUT2D eigenvalue weighted by atomic mass is 16.6. The molecule has 1 aromatic heterocycles. The molecule has 38 heavy (non-hydrogen) atoms. The van der Waals surface area contributed by atoms with Crippen molar-refractivity contribution in [2.75, 3.05) is 89.9 Å². The largest absolute Gasteiger partial charge is 0.480 e. The highest BCUT2D eigenvalue weighted by molar-refractivity contribution is 5.77. The van der Waals surface area contributed by atoms with E-state index in [2.05, 4.69) is 35.0 Å². The fourth-order valence-corrected chi connectivity index (χ4v) is 4.27. The molecule has 0 unspecified atom stereocenters. The number of carbonyl (C=O) groups is 2. The Morgan fingerprint density at radius 3 is 2.32 bits per heavy atom. The van der Waals surface area contributed by atoms with Crippen LogP contribution in [0.15, 0.2) is 30.6 Å². The predicted molar refractivity (Wildman–Crippen MR) is 141 cm³/mol. The second-order valence-electron chi connectivity index (χ2n) is 9.54. The van der Waals surface area contributed by atoms with Gasteiger partial charge in [0, 0.05) is 72.9 Å². The van der Waals surface area contributed by atoms with Gasteiger partial charge in [-0.05, 0) is 17.7 Å². The quantitative estimate of drug-likeness (QED) is 0.444. The van der Waals surface area contributed by atoms with Gasteiger partial charge in [-0.25, -0.2) is 19.6 Å². The van der Waals surface area contributed by atoms with Gasteiger partial charge in [0.25, 0.3) is 0 Å². The summed E-state index contributed by atoms with van der Waals surface area (Å²) in [7, 11) is 3.19. The van der Waals surface area contributed by atoms with E-state index >= 15 is 0 Å². The Balaban J connectivity index is 1.29. The third-order valence-corrected chi connectivity index (χ3v) is 6.59. The third kappa shape index (κ3) is 7.97. The lowest BCUT2D eigenvalue weighted by Crippen LogP contribution is -2.50. The number of carboxylic acid groups (broad SMARTS) is 1. The van der Waals surface area contributed by atoms with Crippen LogP contribution in [0.4, 0.5) is 16.7 Å². The maximum absolute atomic E-state index is 12.0. The number of nitrogens with zero attached hydrogens (tertiary/aromatic N) is 7. The van der Waals surface area contributed by atoms with E-state index in [-0.39, 0.29) is 12.4 Å². The summed E-state index contributed by atoms with van der Waals surface area (Å²) < 4.78 is 10.6. The van der Waals surface area contributed by atoms with Gasteiger partial charge < -0.3 is 29.7 Å². The van der Waals surface area contributed by atoms with Crippen molar-refractivity contribution in [2.24, 2.45) is 0 Å². The van der Waals surface area contributed by atoms with E-state index in [1.54, 1.807) is 38.4 Å². The molecule has 0 spiro atoms. The zero-order chi connectivity index (χ0) is 26.9. The van der Waals surface area contributed by atoms with Crippen molar-refractivity contribution in [3.8, 4) is 5.75 Å². The first-order chi connectivity index (χ1) is 18.4. The summed E-state index contributed by atoms with van der Waals surface area (Å²) in [6, 6.07) is 5.78. The van der Waals surface area contributed by atoms with Crippen molar-refractivity contribution in [1.29, 1.82) is 0 Å². The zero-order valence-electron chi connectivity index (χ0n) is 22.0. The molecule has 0 radical (unpaired) electrons. The van der Waals surface area contributed by atoms with Crippen molar-refractivity contribution >= 4 is 24.0 Å². The van der Waals surface area contributed by atoms with E-state index < -0.39 is 18.1 Å². The first-order valence-electron chi connectivity index (χ1n) is 12.8. The van der Waals surface area contributed by atoms with E-state index in [9.17, 15) is 14.7 Å². The number of aliphatic carboxylic acids is 1. The Morgan fingerprint density at radius 1 is 1.03 bits per heavy atom. The predicted octanol–water partition coefficient (Wildman–Crippen LogP) is 0.494. The summed E-state index contributed by atoms with van der Waals surface area (Å²) in [6.45, 7) is 9.09. The van der Waals surface area contributed by atoms with Gasteiger partial charge in [-0.1, -0.05) is 12.1 Å². The van der Waals surface area contributed by atoms with Crippen LogP contribution in [-0.4, -0.2) is 133 Å². The maximum atomic E-state index is 12.0. The number of amides is 1. The molecule has 13 heteroatoms. The molecule has 1 amide bonds. The van der Waals surface area contributed by atoms with Crippen LogP contribution < -0.4 is 15.0 Å². The lowest BCUT2D eigenvalue weighted by atomic mass is 10.1. The lowest BCUT2D eigenvalue weighted by Gasteiger charge is -2.36. The van der Waals surface area contributed by atoms with Gasteiger partial charge in [0.2, 0.25) is 11.9 Å². The van der Waals surface area contributed by atoms with Crippen molar-refractivity contribution in [3.05, 3.63) is 36.2 Å². The molecular formula is C25H36N8O5. The molecule has 0 bridgehead atoms. The van der Waals surface area contributed by atoms with Gasteiger partial charge in [-0.3, -0.25) is 9.80 Å². The van der Waals surface area contributed by atoms with Crippen LogP contribution in [0.1, 0.15) is 5.56 Å². The minimum atomic E-state index is -1.02. The molecule has 3 heterocycles. The van der Waals surface area contributed by atoms with E-state index in [1.807, 2.05) is 0 Å². The summed E-state index contributed by atoms with van der Waals surface area (Å²) >= 11 is 0. The van der Waals surface area contributed by atoms with Crippen molar-refractivity contribution in [3.63, 3.8) is 0 Å². The standard InChI is InChI=1S/C25H36N8O5/c1-30(2)25(36)38-20-5-3-19(4-6-20)17-21(22(34)35)28-23-26-18-27-24(29-23)33-11-9-31(10-12-33)7-8-32-13-15-37-16-14-32/h3-6,18,21H,7-17H2,1-2H3,(H,34,35)(H,26,27,28,29)/t21-/m0/s1. The van der Waals surface area contributed by atoms with Crippen LogP contribution in [0.2, 0.25) is 0 Å². The number of piperazine rings is 1. The molecule has 13 nitrogen and oxygen atoms in total. The van der Waals surface area contributed by atoms with Crippen LogP contribution in [0, 0.1) is 0 Å². The second-order valence-corrected chi connectivity index (χ2v) is 9.54. The fourth-order valence-electron chi connectivity index (χ4n) is 4.27. The average molecular weight is 529 g/mol. The number of aromatic nitrogens is 3. The number of nitrogens with one attached hydrogen (secondary N) is 1. The third-order valence-electron chi connectivity index (χ3n) is 6.59. The van der Waals surface area contributed by atoms with Crippen LogP contribution in [0.5, 0.6) is 5.75 Å². The average Bonchev–Trinajstić information content (AvgIpc) is 2.93. The number of benzene rings is 1. The Hall–Kier alpha value is -3.55. The number of rotatable bonds is 10. The number of carbonyl (C=O) groups excluding carboxylic acids is 1. The van der Waals surface area contributed by atoms with Gasteiger partial charge in [-0.15, -0.1) is 0 Å². The molecule has 2 N–H and O–H groups in total. The van der Waals surface area contributed by atoms with Crippen molar-refractivity contribution in [1.82, 2.24) is 29.7 Å². The molecule has 0 saturated carbocycles. The summed E-state index contributed by atoms with van der Waals surface area (Å²) in [5, 5.41) is 12.7. The van der Waals surface area contributed by atoms with Gasteiger partial charge in [0.1, 0.15) is 18.1 Å². The monoisotopic (exact) mass is 528 g/mol. The molecule has 1 aromatic carbocycles. The molecular weight excluding hydrogens is 492 g/mol. The van der Waals surface area contributed by atoms with E-state index in [4.69, 9.17) is 9.47 Å². The molecule has 2 aliphatic heterocycles. The molecule has 2 saturated heterocycles. The number of anilines is 2. The highest BCUT2D eigenvalue weighted by Crippen LogP contribution is 2.17. The maximum Gasteiger partial charge on any atom is 0.414 e. The molecule has 2 fully saturated rings. The van der Waals surface area contributed by atoms with E-state index in [0.29, 0.717) is 11.7 Å². The lowest BCUT2D eigenvalue weighted by molar-refractivity contribution is -0.137. The molecule has 2 aliphatic rings. The first kappa shape index (κ1) is 27.5. The Kier molecular flexibility index (Phi) is 9.62. The SMILES string of the molecule is CN(C)C(=O)Oc1ccc(C[C@H](Nc2ncnc(N3CCN(CCN4CCOCC4)CC3)n2)C(=O)O)cc1. The van der Waals surface area contributed by atoms with Crippen LogP contribution in [0.3, 0.4) is 0 Å². The van der Waals surface area contributed by atoms with Crippen LogP contribution in [-0.2, 0) is 16.0 Å². The number of hydrogen-bond donors (Lipinski definition) is 2. The Bertz CT molecular complexity index is 1060.